The zero-order valence-electron chi connectivity index (χ0n) is 23.0. The Bertz CT molecular complexity index is 1360. The van der Waals surface area contributed by atoms with Crippen molar-refractivity contribution in [2.24, 2.45) is 0 Å². The Morgan fingerprint density at radius 3 is 0.923 bits per heavy atom. The van der Waals surface area contributed by atoms with Crippen molar-refractivity contribution in [3.63, 3.8) is 0 Å². The summed E-state index contributed by atoms with van der Waals surface area (Å²) in [6.45, 7) is 12.6. The molecule has 4 rings (SSSR count). The van der Waals surface area contributed by atoms with Gasteiger partial charge in [-0.15, -0.1) is 0 Å². The predicted octanol–water partition coefficient (Wildman–Crippen LogP) is 9.49. The Morgan fingerprint density at radius 2 is 0.667 bits per heavy atom. The second-order valence-electron chi connectivity index (χ2n) is 9.60. The van der Waals surface area contributed by atoms with Gasteiger partial charge in [0.2, 0.25) is 0 Å². The molecule has 0 aliphatic heterocycles. The molecule has 0 aliphatic carbocycles. The van der Waals surface area contributed by atoms with Crippen LogP contribution in [0.2, 0.25) is 0 Å². The Kier molecular flexibility index (Phi) is 12.6. The number of thiocarbonyl (C=S) groups is 4. The zero-order valence-corrected chi connectivity index (χ0v) is 27.3. The van der Waals surface area contributed by atoms with Gasteiger partial charge in [-0.25, -0.2) is 0 Å². The molecular formula is C34H32NiS4. The third kappa shape index (κ3) is 8.36. The third-order valence-electron chi connectivity index (χ3n) is 6.29. The minimum absolute atomic E-state index is 0. The van der Waals surface area contributed by atoms with Crippen LogP contribution in [0.3, 0.4) is 0 Å². The van der Waals surface area contributed by atoms with Crippen LogP contribution < -0.4 is 0 Å². The normalized spacial score (nSPS) is 10.0. The second kappa shape index (κ2) is 14.9. The summed E-state index contributed by atoms with van der Waals surface area (Å²) in [5.41, 5.74) is 11.5. The first-order valence-electron chi connectivity index (χ1n) is 12.4. The first kappa shape index (κ1) is 32.9. The van der Waals surface area contributed by atoms with Gasteiger partial charge in [0.1, 0.15) is 0 Å². The number of benzene rings is 4. The van der Waals surface area contributed by atoms with E-state index in [-0.39, 0.29) is 16.5 Å². The average Bonchev–Trinajstić information content (AvgIpc) is 2.88. The van der Waals surface area contributed by atoms with E-state index in [1.165, 1.54) is 33.4 Å². The number of aryl methyl sites for hydroxylation is 6. The van der Waals surface area contributed by atoms with Crippen LogP contribution in [0.25, 0.3) is 0 Å². The van der Waals surface area contributed by atoms with Crippen LogP contribution >= 0.6 is 48.9 Å². The minimum Gasteiger partial charge on any atom is -0.0778 e. The fourth-order valence-electron chi connectivity index (χ4n) is 4.74. The van der Waals surface area contributed by atoms with Crippen LogP contribution in [0, 0.1) is 41.5 Å². The predicted molar refractivity (Wildman–Crippen MR) is 181 cm³/mol. The minimum atomic E-state index is 0. The Morgan fingerprint density at radius 1 is 0.410 bits per heavy atom. The molecule has 0 saturated carbocycles. The molecule has 0 unspecified atom stereocenters. The average molecular weight is 628 g/mol. The SMILES string of the molecule is Cc1cc(C)c(C(=S)C(=S)c2ccccc2)c(C)c1.Cc1cc(C)c(C(=S)C(=S)c2ccccc2)c(C)c1.[Ni]. The summed E-state index contributed by atoms with van der Waals surface area (Å²) >= 11 is 22.3. The quantitative estimate of drug-likeness (QED) is 0.119. The maximum absolute atomic E-state index is 5.60. The van der Waals surface area contributed by atoms with Gasteiger partial charge in [-0.2, -0.15) is 0 Å². The van der Waals surface area contributed by atoms with E-state index in [0.29, 0.717) is 0 Å². The maximum atomic E-state index is 5.60. The van der Waals surface area contributed by atoms with Gasteiger partial charge in [-0.05, 0) is 86.1 Å². The van der Waals surface area contributed by atoms with E-state index in [2.05, 4.69) is 65.8 Å². The Hall–Kier alpha value is -2.27. The van der Waals surface area contributed by atoms with Crippen LogP contribution in [0.5, 0.6) is 0 Å². The topological polar surface area (TPSA) is 0 Å². The van der Waals surface area contributed by atoms with E-state index in [1.807, 2.05) is 60.7 Å². The van der Waals surface area contributed by atoms with Gasteiger partial charge in [-0.1, -0.05) is 145 Å². The molecule has 39 heavy (non-hydrogen) atoms. The molecule has 0 amide bonds. The van der Waals surface area contributed by atoms with E-state index in [4.69, 9.17) is 48.9 Å². The van der Waals surface area contributed by atoms with Crippen molar-refractivity contribution in [2.45, 2.75) is 41.5 Å². The summed E-state index contributed by atoms with van der Waals surface area (Å²) in [5, 5.41) is 0. The van der Waals surface area contributed by atoms with Gasteiger partial charge < -0.3 is 0 Å². The molecule has 0 radical (unpaired) electrons. The summed E-state index contributed by atoms with van der Waals surface area (Å²) in [6, 6.07) is 28.6. The third-order valence-corrected chi connectivity index (χ3v) is 8.25. The molecule has 0 fully saturated rings. The van der Waals surface area contributed by atoms with Gasteiger partial charge in [0.15, 0.2) is 0 Å². The maximum Gasteiger partial charge on any atom is 0.0641 e. The first-order chi connectivity index (χ1) is 18.0. The van der Waals surface area contributed by atoms with Crippen molar-refractivity contribution in [1.29, 1.82) is 0 Å². The first-order valence-corrected chi connectivity index (χ1v) is 14.1. The van der Waals surface area contributed by atoms with Crippen molar-refractivity contribution in [3.05, 3.63) is 141 Å². The monoisotopic (exact) mass is 626 g/mol. The number of hydrogen-bond donors (Lipinski definition) is 0. The zero-order chi connectivity index (χ0) is 28.0. The summed E-state index contributed by atoms with van der Waals surface area (Å²) in [6.07, 6.45) is 0. The van der Waals surface area contributed by atoms with Gasteiger partial charge in [0.05, 0.1) is 19.5 Å². The molecule has 5 heteroatoms. The molecule has 4 aromatic rings. The van der Waals surface area contributed by atoms with E-state index in [0.717, 1.165) is 41.7 Å². The van der Waals surface area contributed by atoms with Crippen LogP contribution in [-0.4, -0.2) is 19.5 Å². The van der Waals surface area contributed by atoms with Crippen molar-refractivity contribution in [1.82, 2.24) is 0 Å². The molecule has 0 N–H and O–H groups in total. The van der Waals surface area contributed by atoms with E-state index in [9.17, 15) is 0 Å². The van der Waals surface area contributed by atoms with Crippen molar-refractivity contribution < 1.29 is 16.5 Å². The van der Waals surface area contributed by atoms with Crippen LogP contribution in [0.4, 0.5) is 0 Å². The van der Waals surface area contributed by atoms with E-state index in [1.54, 1.807) is 0 Å². The molecule has 0 heterocycles. The van der Waals surface area contributed by atoms with Gasteiger partial charge in [-0.3, -0.25) is 0 Å². The summed E-state index contributed by atoms with van der Waals surface area (Å²) < 4.78 is 0. The summed E-state index contributed by atoms with van der Waals surface area (Å²) in [7, 11) is 0. The van der Waals surface area contributed by atoms with E-state index < -0.39 is 0 Å². The number of rotatable bonds is 6. The van der Waals surface area contributed by atoms with Gasteiger partial charge in [0.25, 0.3) is 0 Å². The summed E-state index contributed by atoms with van der Waals surface area (Å²) in [5.74, 6) is 0. The smallest absolute Gasteiger partial charge is 0.0641 e. The molecule has 0 atom stereocenters. The molecule has 0 bridgehead atoms. The molecule has 0 spiro atoms. The Balaban J connectivity index is 0.000000267. The van der Waals surface area contributed by atoms with Crippen molar-refractivity contribution in [2.75, 3.05) is 0 Å². The molecule has 202 valence electrons. The van der Waals surface area contributed by atoms with Gasteiger partial charge in [0, 0.05) is 16.5 Å². The van der Waals surface area contributed by atoms with Crippen molar-refractivity contribution >= 4 is 68.3 Å². The van der Waals surface area contributed by atoms with Crippen LogP contribution in [-0.2, 0) is 16.5 Å². The van der Waals surface area contributed by atoms with Crippen LogP contribution in [0.1, 0.15) is 55.6 Å². The molecule has 4 aromatic carbocycles. The molecule has 0 saturated heterocycles. The van der Waals surface area contributed by atoms with Crippen molar-refractivity contribution in [3.8, 4) is 0 Å². The fraction of sp³-hybridized carbons (Fsp3) is 0.176. The largest absolute Gasteiger partial charge is 0.0778 e. The second-order valence-corrected chi connectivity index (χ2v) is 11.2. The molecular weight excluding hydrogens is 595 g/mol. The molecule has 0 aliphatic rings. The fourth-order valence-corrected chi connectivity index (χ4v) is 6.10. The standard InChI is InChI=1S/2C17H16S2.Ni/c2*1-11-9-12(2)15(13(3)10-11)17(19)16(18)14-7-5-4-6-8-14;/h2*4-10H,1-3H3;. The van der Waals surface area contributed by atoms with Crippen LogP contribution in [0.15, 0.2) is 84.9 Å². The molecule has 0 aromatic heterocycles. The van der Waals surface area contributed by atoms with Gasteiger partial charge >= 0.3 is 0 Å². The summed E-state index contributed by atoms with van der Waals surface area (Å²) in [4.78, 5) is 3.06. The molecule has 0 nitrogen and oxygen atoms in total. The van der Waals surface area contributed by atoms with E-state index >= 15 is 0 Å². The Labute approximate surface area is 265 Å². The number of hydrogen-bond acceptors (Lipinski definition) is 4.